The Labute approximate surface area is 115 Å². The van der Waals surface area contributed by atoms with E-state index in [4.69, 9.17) is 15.7 Å². The van der Waals surface area contributed by atoms with E-state index in [-0.39, 0.29) is 16.9 Å². The van der Waals surface area contributed by atoms with Gasteiger partial charge in [-0.1, -0.05) is 30.3 Å². The van der Waals surface area contributed by atoms with E-state index in [1.807, 2.05) is 18.2 Å². The second-order valence-corrected chi connectivity index (χ2v) is 3.87. The molecule has 2 aromatic rings. The first-order valence-corrected chi connectivity index (χ1v) is 5.67. The van der Waals surface area contributed by atoms with Gasteiger partial charge in [0.1, 0.15) is 17.9 Å². The number of ether oxygens (including phenoxy) is 1. The molecule has 0 heterocycles. The predicted octanol–water partition coefficient (Wildman–Crippen LogP) is 2.55. The molecule has 0 aromatic heterocycles. The zero-order valence-electron chi connectivity index (χ0n) is 10.3. The van der Waals surface area contributed by atoms with Gasteiger partial charge < -0.3 is 10.5 Å². The molecule has 0 bridgehead atoms. The highest BCUT2D eigenvalue weighted by molar-refractivity contribution is 5.82. The number of hydrogen-bond acceptors (Lipinski definition) is 4. The van der Waals surface area contributed by atoms with Crippen LogP contribution < -0.4 is 10.5 Å². The molecule has 5 nitrogen and oxygen atoms in total. The average Bonchev–Trinajstić information content (AvgIpc) is 2.47. The zero-order chi connectivity index (χ0) is 14.5. The molecule has 0 aliphatic carbocycles. The maximum atomic E-state index is 11.0. The monoisotopic (exact) mass is 263 g/mol. The van der Waals surface area contributed by atoms with Crippen molar-refractivity contribution < 1.29 is 9.53 Å². The molecule has 0 aliphatic rings. The Morgan fingerprint density at radius 3 is 2.30 bits per heavy atom. The van der Waals surface area contributed by atoms with Crippen molar-refractivity contribution in [2.24, 2.45) is 5.73 Å². The van der Waals surface area contributed by atoms with E-state index >= 15 is 0 Å². The van der Waals surface area contributed by atoms with Gasteiger partial charge in [-0.3, -0.25) is 0 Å². The van der Waals surface area contributed by atoms with Crippen LogP contribution in [0.3, 0.4) is 0 Å². The summed E-state index contributed by atoms with van der Waals surface area (Å²) in [6, 6.07) is 15.7. The van der Waals surface area contributed by atoms with Gasteiger partial charge in [0.2, 0.25) is 0 Å². The summed E-state index contributed by atoms with van der Waals surface area (Å²) < 4.78 is 4.92. The lowest BCUT2D eigenvalue weighted by Crippen LogP contribution is -2.17. The fourth-order valence-corrected chi connectivity index (χ4v) is 1.88. The summed E-state index contributed by atoms with van der Waals surface area (Å²) in [5.74, 6) is 0.152. The molecule has 5 heteroatoms. The summed E-state index contributed by atoms with van der Waals surface area (Å²) in [4.78, 5) is 11.0. The van der Waals surface area contributed by atoms with Crippen molar-refractivity contribution in [1.29, 1.82) is 10.5 Å². The minimum Gasteiger partial charge on any atom is -0.410 e. The van der Waals surface area contributed by atoms with Gasteiger partial charge in [-0.25, -0.2) is 4.79 Å². The van der Waals surface area contributed by atoms with Crippen molar-refractivity contribution in [1.82, 2.24) is 0 Å². The molecule has 0 saturated heterocycles. The first-order chi connectivity index (χ1) is 9.67. The molecule has 0 unspecified atom stereocenters. The number of primary amides is 1. The SMILES string of the molecule is N#Cc1ccc(OC(N)=O)c(-c2ccccc2)c1C#N. The van der Waals surface area contributed by atoms with Crippen LogP contribution in [-0.2, 0) is 0 Å². The molecule has 0 fully saturated rings. The third kappa shape index (κ3) is 2.43. The standard InChI is InChI=1S/C15H9N3O2/c16-8-11-6-7-13(20-15(18)19)14(12(11)9-17)10-4-2-1-3-5-10/h1-7H,(H2,18,19). The van der Waals surface area contributed by atoms with Gasteiger partial charge >= 0.3 is 6.09 Å². The van der Waals surface area contributed by atoms with Gasteiger partial charge in [0.15, 0.2) is 0 Å². The van der Waals surface area contributed by atoms with Crippen LogP contribution in [0.2, 0.25) is 0 Å². The van der Waals surface area contributed by atoms with Crippen molar-refractivity contribution in [2.45, 2.75) is 0 Å². The number of carbonyl (C=O) groups is 1. The lowest BCUT2D eigenvalue weighted by atomic mass is 9.95. The summed E-state index contributed by atoms with van der Waals surface area (Å²) >= 11 is 0. The normalized spacial score (nSPS) is 9.30. The van der Waals surface area contributed by atoms with Crippen molar-refractivity contribution in [3.63, 3.8) is 0 Å². The molecule has 2 N–H and O–H groups in total. The molecule has 2 aromatic carbocycles. The molecule has 0 spiro atoms. The van der Waals surface area contributed by atoms with Gasteiger partial charge in [-0.2, -0.15) is 10.5 Å². The van der Waals surface area contributed by atoms with Gasteiger partial charge in [0.25, 0.3) is 0 Å². The minimum atomic E-state index is -0.976. The Morgan fingerprint density at radius 2 is 1.75 bits per heavy atom. The van der Waals surface area contributed by atoms with Crippen LogP contribution in [0.5, 0.6) is 5.75 Å². The fourth-order valence-electron chi connectivity index (χ4n) is 1.88. The van der Waals surface area contributed by atoms with Gasteiger partial charge in [0.05, 0.1) is 11.1 Å². The average molecular weight is 263 g/mol. The van der Waals surface area contributed by atoms with Crippen LogP contribution in [0.4, 0.5) is 4.79 Å². The maximum Gasteiger partial charge on any atom is 0.409 e. The van der Waals surface area contributed by atoms with Crippen LogP contribution in [0.1, 0.15) is 11.1 Å². The summed E-state index contributed by atoms with van der Waals surface area (Å²) in [5.41, 5.74) is 6.43. The van der Waals surface area contributed by atoms with E-state index < -0.39 is 6.09 Å². The Hall–Kier alpha value is -3.31. The number of rotatable bonds is 2. The quantitative estimate of drug-likeness (QED) is 0.899. The third-order valence-corrected chi connectivity index (χ3v) is 2.67. The number of carbonyl (C=O) groups excluding carboxylic acids is 1. The summed E-state index contributed by atoms with van der Waals surface area (Å²) in [7, 11) is 0. The topological polar surface area (TPSA) is 99.9 Å². The fraction of sp³-hybridized carbons (Fsp3) is 0. The second kappa shape index (κ2) is 5.55. The Balaban J connectivity index is 2.76. The van der Waals surface area contributed by atoms with Crippen LogP contribution >= 0.6 is 0 Å². The smallest absolute Gasteiger partial charge is 0.409 e. The summed E-state index contributed by atoms with van der Waals surface area (Å²) in [6.45, 7) is 0. The molecule has 2 rings (SSSR count). The van der Waals surface area contributed by atoms with E-state index in [0.717, 1.165) is 0 Å². The highest BCUT2D eigenvalue weighted by atomic mass is 16.5. The predicted molar refractivity (Wildman–Crippen MR) is 71.5 cm³/mol. The van der Waals surface area contributed by atoms with Gasteiger partial charge in [-0.15, -0.1) is 0 Å². The van der Waals surface area contributed by atoms with Crippen molar-refractivity contribution in [3.8, 4) is 29.0 Å². The summed E-state index contributed by atoms with van der Waals surface area (Å²) in [6.07, 6.45) is -0.976. The molecular weight excluding hydrogens is 254 g/mol. The largest absolute Gasteiger partial charge is 0.410 e. The first kappa shape index (κ1) is 13.1. The van der Waals surface area contributed by atoms with Crippen LogP contribution in [0, 0.1) is 22.7 Å². The van der Waals surface area contributed by atoms with Gasteiger partial charge in [-0.05, 0) is 17.7 Å². The minimum absolute atomic E-state index is 0.150. The Bertz CT molecular complexity index is 740. The van der Waals surface area contributed by atoms with E-state index in [2.05, 4.69) is 0 Å². The summed E-state index contributed by atoms with van der Waals surface area (Å²) in [5, 5.41) is 18.3. The van der Waals surface area contributed by atoms with Crippen LogP contribution in [0.25, 0.3) is 11.1 Å². The molecule has 0 radical (unpaired) electrons. The number of benzene rings is 2. The van der Waals surface area contributed by atoms with Gasteiger partial charge in [0, 0.05) is 5.56 Å². The lowest BCUT2D eigenvalue weighted by Gasteiger charge is -2.11. The lowest BCUT2D eigenvalue weighted by molar-refractivity contribution is 0.211. The first-order valence-electron chi connectivity index (χ1n) is 5.67. The molecule has 1 amide bonds. The van der Waals surface area contributed by atoms with E-state index in [9.17, 15) is 10.1 Å². The van der Waals surface area contributed by atoms with E-state index in [0.29, 0.717) is 11.1 Å². The van der Waals surface area contributed by atoms with Crippen molar-refractivity contribution in [3.05, 3.63) is 53.6 Å². The number of nitriles is 2. The molecule has 20 heavy (non-hydrogen) atoms. The number of nitrogens with zero attached hydrogens (tertiary/aromatic N) is 2. The van der Waals surface area contributed by atoms with Crippen LogP contribution in [0.15, 0.2) is 42.5 Å². The highest BCUT2D eigenvalue weighted by Gasteiger charge is 2.17. The number of hydrogen-bond donors (Lipinski definition) is 1. The van der Waals surface area contributed by atoms with Crippen molar-refractivity contribution >= 4 is 6.09 Å². The molecular formula is C15H9N3O2. The Morgan fingerprint density at radius 1 is 1.05 bits per heavy atom. The van der Waals surface area contributed by atoms with E-state index in [1.54, 1.807) is 24.3 Å². The van der Waals surface area contributed by atoms with Crippen LogP contribution in [-0.4, -0.2) is 6.09 Å². The number of nitrogens with two attached hydrogens (primary N) is 1. The molecule has 0 atom stereocenters. The van der Waals surface area contributed by atoms with E-state index in [1.165, 1.54) is 12.1 Å². The molecule has 0 saturated carbocycles. The number of amides is 1. The van der Waals surface area contributed by atoms with Crippen molar-refractivity contribution in [2.75, 3.05) is 0 Å². The maximum absolute atomic E-state index is 11.0. The third-order valence-electron chi connectivity index (χ3n) is 2.67. The molecule has 0 aliphatic heterocycles. The Kier molecular flexibility index (Phi) is 3.65. The second-order valence-electron chi connectivity index (χ2n) is 3.87. The molecule has 96 valence electrons. The highest BCUT2D eigenvalue weighted by Crippen LogP contribution is 2.35. The zero-order valence-corrected chi connectivity index (χ0v) is 10.3.